The van der Waals surface area contributed by atoms with Gasteiger partial charge in [-0.25, -0.2) is 4.39 Å². The van der Waals surface area contributed by atoms with Crippen molar-refractivity contribution in [3.8, 4) is 0 Å². The van der Waals surface area contributed by atoms with Gasteiger partial charge in [0.25, 0.3) is 0 Å². The third-order valence-corrected chi connectivity index (χ3v) is 3.55. The summed E-state index contributed by atoms with van der Waals surface area (Å²) in [5, 5.41) is 3.23. The van der Waals surface area contributed by atoms with Crippen LogP contribution in [0.25, 0.3) is 0 Å². The van der Waals surface area contributed by atoms with Gasteiger partial charge in [0, 0.05) is 17.8 Å². The van der Waals surface area contributed by atoms with Crippen LogP contribution in [0.2, 0.25) is 0 Å². The number of thiocarbonyl (C=S) groups is 1. The van der Waals surface area contributed by atoms with Gasteiger partial charge in [-0.3, -0.25) is 0 Å². The van der Waals surface area contributed by atoms with Crippen molar-refractivity contribution in [2.45, 2.75) is 27.7 Å². The average molecular weight is 268 g/mol. The Morgan fingerprint density at radius 3 is 2.50 bits per heavy atom. The maximum absolute atomic E-state index is 13.7. The molecule has 1 rings (SSSR count). The van der Waals surface area contributed by atoms with Crippen LogP contribution in [0.1, 0.15) is 33.3 Å². The number of benzene rings is 1. The van der Waals surface area contributed by atoms with Crippen molar-refractivity contribution in [3.63, 3.8) is 0 Å². The summed E-state index contributed by atoms with van der Waals surface area (Å²) in [5.41, 5.74) is 6.69. The van der Waals surface area contributed by atoms with Crippen molar-refractivity contribution in [1.29, 1.82) is 0 Å². The van der Waals surface area contributed by atoms with E-state index < -0.39 is 0 Å². The highest BCUT2D eigenvalue weighted by molar-refractivity contribution is 7.80. The van der Waals surface area contributed by atoms with Crippen molar-refractivity contribution < 1.29 is 4.39 Å². The molecule has 0 aliphatic carbocycles. The highest BCUT2D eigenvalue weighted by Crippen LogP contribution is 2.25. The minimum Gasteiger partial charge on any atom is -0.389 e. The van der Waals surface area contributed by atoms with Crippen LogP contribution in [0.15, 0.2) is 18.2 Å². The molecule has 18 heavy (non-hydrogen) atoms. The Balaban J connectivity index is 2.70. The first-order valence-corrected chi connectivity index (χ1v) is 6.46. The maximum atomic E-state index is 13.7. The minimum atomic E-state index is -0.379. The van der Waals surface area contributed by atoms with Crippen LogP contribution in [0, 0.1) is 17.2 Å². The van der Waals surface area contributed by atoms with Gasteiger partial charge in [-0.2, -0.15) is 0 Å². The van der Waals surface area contributed by atoms with Crippen LogP contribution in [0.4, 0.5) is 10.1 Å². The quantitative estimate of drug-likeness (QED) is 0.820. The van der Waals surface area contributed by atoms with Gasteiger partial charge in [0.2, 0.25) is 0 Å². The largest absolute Gasteiger partial charge is 0.389 e. The Morgan fingerprint density at radius 2 is 2.06 bits per heavy atom. The van der Waals surface area contributed by atoms with E-state index in [4.69, 9.17) is 18.0 Å². The molecule has 0 spiro atoms. The molecule has 1 unspecified atom stereocenters. The van der Waals surface area contributed by atoms with Crippen molar-refractivity contribution in [3.05, 3.63) is 29.6 Å². The van der Waals surface area contributed by atoms with Crippen molar-refractivity contribution in [1.82, 2.24) is 0 Å². The fraction of sp³-hybridized carbons (Fsp3) is 0.500. The van der Waals surface area contributed by atoms with Gasteiger partial charge in [-0.05, 0) is 29.5 Å². The molecule has 3 N–H and O–H groups in total. The summed E-state index contributed by atoms with van der Waals surface area (Å²) in [7, 11) is 0. The predicted octanol–water partition coefficient (Wildman–Crippen LogP) is 3.55. The van der Waals surface area contributed by atoms with E-state index in [9.17, 15) is 4.39 Å². The number of hydrogen-bond donors (Lipinski definition) is 2. The van der Waals surface area contributed by atoms with E-state index in [1.807, 2.05) is 0 Å². The van der Waals surface area contributed by atoms with Gasteiger partial charge >= 0.3 is 0 Å². The first-order valence-electron chi connectivity index (χ1n) is 6.05. The molecular formula is C14H21FN2S. The van der Waals surface area contributed by atoms with E-state index in [0.717, 1.165) is 12.2 Å². The molecule has 1 atom stereocenters. The Morgan fingerprint density at radius 1 is 1.44 bits per heavy atom. The number of hydrogen-bond acceptors (Lipinski definition) is 2. The van der Waals surface area contributed by atoms with E-state index in [-0.39, 0.29) is 16.2 Å². The first-order chi connectivity index (χ1) is 8.21. The standard InChI is InChI=1S/C14H21FN2S/c1-9(14(2,3)4)8-17-10-5-6-11(13(16)18)12(15)7-10/h5-7,9,17H,8H2,1-4H3,(H2,16,18). The average Bonchev–Trinajstić information content (AvgIpc) is 2.24. The summed E-state index contributed by atoms with van der Waals surface area (Å²) in [6.07, 6.45) is 0. The Kier molecular flexibility index (Phi) is 4.68. The molecule has 0 bridgehead atoms. The smallest absolute Gasteiger partial charge is 0.135 e. The molecule has 0 heterocycles. The number of anilines is 1. The fourth-order valence-electron chi connectivity index (χ4n) is 1.40. The van der Waals surface area contributed by atoms with Gasteiger partial charge in [0.15, 0.2) is 0 Å². The molecule has 0 aliphatic rings. The molecule has 2 nitrogen and oxygen atoms in total. The summed E-state index contributed by atoms with van der Waals surface area (Å²) in [6.45, 7) is 9.55. The highest BCUT2D eigenvalue weighted by atomic mass is 32.1. The number of halogens is 1. The normalized spacial score (nSPS) is 13.2. The second kappa shape index (κ2) is 5.65. The molecular weight excluding hydrogens is 247 g/mol. The van der Waals surface area contributed by atoms with Crippen LogP contribution in [0.3, 0.4) is 0 Å². The van der Waals surface area contributed by atoms with Gasteiger partial charge < -0.3 is 11.1 Å². The van der Waals surface area contributed by atoms with Crippen LogP contribution in [0.5, 0.6) is 0 Å². The Hall–Kier alpha value is -1.16. The van der Waals surface area contributed by atoms with Crippen molar-refractivity contribution >= 4 is 22.9 Å². The summed E-state index contributed by atoms with van der Waals surface area (Å²) < 4.78 is 13.7. The second-order valence-electron chi connectivity index (χ2n) is 5.71. The van der Waals surface area contributed by atoms with Gasteiger partial charge in [-0.15, -0.1) is 0 Å². The molecule has 1 aromatic carbocycles. The molecule has 0 saturated carbocycles. The fourth-order valence-corrected chi connectivity index (χ4v) is 1.57. The van der Waals surface area contributed by atoms with E-state index in [0.29, 0.717) is 11.5 Å². The maximum Gasteiger partial charge on any atom is 0.135 e. The lowest BCUT2D eigenvalue weighted by molar-refractivity contribution is 0.274. The lowest BCUT2D eigenvalue weighted by atomic mass is 9.82. The first kappa shape index (κ1) is 14.9. The molecule has 1 aromatic rings. The van der Waals surface area contributed by atoms with Gasteiger partial charge in [0.1, 0.15) is 10.8 Å². The predicted molar refractivity (Wildman–Crippen MR) is 79.4 cm³/mol. The van der Waals surface area contributed by atoms with Crippen molar-refractivity contribution in [2.24, 2.45) is 17.1 Å². The minimum absolute atomic E-state index is 0.0853. The van der Waals surface area contributed by atoms with Crippen LogP contribution >= 0.6 is 12.2 Å². The van der Waals surface area contributed by atoms with Gasteiger partial charge in [0.05, 0.1) is 0 Å². The van der Waals surface area contributed by atoms with E-state index in [1.54, 1.807) is 12.1 Å². The molecule has 0 radical (unpaired) electrons. The molecule has 0 aliphatic heterocycles. The molecule has 0 saturated heterocycles. The zero-order chi connectivity index (χ0) is 13.9. The number of nitrogens with two attached hydrogens (primary N) is 1. The lowest BCUT2D eigenvalue weighted by Crippen LogP contribution is -2.24. The Labute approximate surface area is 114 Å². The van der Waals surface area contributed by atoms with E-state index in [2.05, 4.69) is 33.0 Å². The zero-order valence-corrected chi connectivity index (χ0v) is 12.2. The number of rotatable bonds is 4. The topological polar surface area (TPSA) is 38.0 Å². The van der Waals surface area contributed by atoms with Gasteiger partial charge in [-0.1, -0.05) is 39.9 Å². The monoisotopic (exact) mass is 268 g/mol. The van der Waals surface area contributed by atoms with Crippen LogP contribution < -0.4 is 11.1 Å². The third-order valence-electron chi connectivity index (χ3n) is 3.33. The van der Waals surface area contributed by atoms with Crippen LogP contribution in [-0.4, -0.2) is 11.5 Å². The third kappa shape index (κ3) is 3.95. The summed E-state index contributed by atoms with van der Waals surface area (Å²) >= 11 is 4.77. The van der Waals surface area contributed by atoms with Crippen molar-refractivity contribution in [2.75, 3.05) is 11.9 Å². The van der Waals surface area contributed by atoms with E-state index in [1.165, 1.54) is 6.07 Å². The molecule has 0 amide bonds. The van der Waals surface area contributed by atoms with Crippen LogP contribution in [-0.2, 0) is 0 Å². The molecule has 0 fully saturated rings. The zero-order valence-electron chi connectivity index (χ0n) is 11.4. The summed E-state index contributed by atoms with van der Waals surface area (Å²) in [5.74, 6) is 0.103. The Bertz CT molecular complexity index is 438. The molecule has 0 aromatic heterocycles. The SMILES string of the molecule is CC(CNc1ccc(C(N)=S)c(F)c1)C(C)(C)C. The summed E-state index contributed by atoms with van der Waals surface area (Å²) in [4.78, 5) is 0.0853. The molecule has 4 heteroatoms. The van der Waals surface area contributed by atoms with E-state index >= 15 is 0 Å². The lowest BCUT2D eigenvalue weighted by Gasteiger charge is -2.27. The second-order valence-corrected chi connectivity index (χ2v) is 6.15. The summed E-state index contributed by atoms with van der Waals surface area (Å²) in [6, 6.07) is 4.85. The molecule has 100 valence electrons. The number of nitrogens with one attached hydrogen (secondary N) is 1. The highest BCUT2D eigenvalue weighted by Gasteiger charge is 2.19.